The molecule has 4 heteroatoms. The Morgan fingerprint density at radius 3 is 2.71 bits per heavy atom. The Kier molecular flexibility index (Phi) is 6.58. The minimum Gasteiger partial charge on any atom is -0.311 e. The van der Waals surface area contributed by atoms with Crippen molar-refractivity contribution in [3.05, 3.63) is 17.5 Å². The minimum absolute atomic E-state index is 0. The third-order valence-corrected chi connectivity index (χ3v) is 1.98. The van der Waals surface area contributed by atoms with E-state index in [4.69, 9.17) is 0 Å². The fourth-order valence-electron chi connectivity index (χ4n) is 1.40. The second kappa shape index (κ2) is 6.85. The largest absolute Gasteiger partial charge is 0.311 e. The lowest BCUT2D eigenvalue weighted by atomic mass is 10.3. The van der Waals surface area contributed by atoms with Crippen LogP contribution in [0, 0.1) is 6.92 Å². The van der Waals surface area contributed by atoms with Gasteiger partial charge in [0, 0.05) is 13.1 Å². The molecule has 1 N–H and O–H groups in total. The monoisotopic (exact) mass is 217 g/mol. The van der Waals surface area contributed by atoms with Crippen LogP contribution in [0.15, 0.2) is 6.07 Å². The highest BCUT2D eigenvalue weighted by molar-refractivity contribution is 5.85. The van der Waals surface area contributed by atoms with Crippen LogP contribution in [0.25, 0.3) is 0 Å². The maximum Gasteiger partial charge on any atom is 0.0597 e. The molecule has 82 valence electrons. The van der Waals surface area contributed by atoms with E-state index in [1.807, 2.05) is 6.92 Å². The molecule has 0 saturated heterocycles. The maximum atomic E-state index is 4.43. The molecule has 0 fully saturated rings. The van der Waals surface area contributed by atoms with E-state index in [-0.39, 0.29) is 12.4 Å². The first-order chi connectivity index (χ1) is 6.27. The van der Waals surface area contributed by atoms with Gasteiger partial charge in [0.1, 0.15) is 0 Å². The van der Waals surface area contributed by atoms with E-state index in [2.05, 4.69) is 35.0 Å². The Morgan fingerprint density at radius 2 is 2.14 bits per heavy atom. The molecule has 0 aliphatic carbocycles. The van der Waals surface area contributed by atoms with E-state index in [1.54, 1.807) is 0 Å². The van der Waals surface area contributed by atoms with Crippen LogP contribution in [0.3, 0.4) is 0 Å². The number of halogens is 1. The van der Waals surface area contributed by atoms with Crippen LogP contribution in [0.5, 0.6) is 0 Å². The van der Waals surface area contributed by atoms with Crippen LogP contribution < -0.4 is 5.32 Å². The smallest absolute Gasteiger partial charge is 0.0597 e. The summed E-state index contributed by atoms with van der Waals surface area (Å²) in [5.41, 5.74) is 2.41. The lowest BCUT2D eigenvalue weighted by Gasteiger charge is -2.05. The molecule has 0 aliphatic heterocycles. The van der Waals surface area contributed by atoms with Crippen LogP contribution in [0.2, 0.25) is 0 Å². The van der Waals surface area contributed by atoms with Gasteiger partial charge in [0.05, 0.1) is 11.4 Å². The molecular weight excluding hydrogens is 198 g/mol. The molecule has 0 bridgehead atoms. The molecule has 1 aromatic rings. The number of nitrogens with one attached hydrogen (secondary N) is 1. The fourth-order valence-corrected chi connectivity index (χ4v) is 1.40. The third kappa shape index (κ3) is 3.68. The standard InChI is InChI=1S/C10H19N3.ClH/c1-4-6-13-10(8-11-5-2)7-9(3)12-13;/h7,11H,4-6,8H2,1-3H3;1H. The first-order valence-corrected chi connectivity index (χ1v) is 5.02. The van der Waals surface area contributed by atoms with E-state index < -0.39 is 0 Å². The SMILES string of the molecule is CCCn1nc(C)cc1CNCC.Cl. The number of hydrogen-bond acceptors (Lipinski definition) is 2. The average Bonchev–Trinajstić information content (AvgIpc) is 2.44. The van der Waals surface area contributed by atoms with E-state index in [1.165, 1.54) is 5.69 Å². The second-order valence-corrected chi connectivity index (χ2v) is 3.28. The van der Waals surface area contributed by atoms with Crippen molar-refractivity contribution in [3.8, 4) is 0 Å². The molecule has 0 saturated carbocycles. The molecule has 0 unspecified atom stereocenters. The van der Waals surface area contributed by atoms with Gasteiger partial charge < -0.3 is 5.32 Å². The van der Waals surface area contributed by atoms with Crippen LogP contribution in [-0.2, 0) is 13.1 Å². The van der Waals surface area contributed by atoms with Gasteiger partial charge in [-0.15, -0.1) is 12.4 Å². The molecule has 0 aliphatic rings. The van der Waals surface area contributed by atoms with Crippen molar-refractivity contribution >= 4 is 12.4 Å². The Hall–Kier alpha value is -0.540. The zero-order valence-corrected chi connectivity index (χ0v) is 10.0. The summed E-state index contributed by atoms with van der Waals surface area (Å²) in [6.07, 6.45) is 1.14. The molecule has 0 radical (unpaired) electrons. The predicted molar refractivity (Wildman–Crippen MR) is 61.9 cm³/mol. The maximum absolute atomic E-state index is 4.43. The van der Waals surface area contributed by atoms with Gasteiger partial charge in [0.25, 0.3) is 0 Å². The Bertz CT molecular complexity index is 258. The summed E-state index contributed by atoms with van der Waals surface area (Å²) in [4.78, 5) is 0. The fraction of sp³-hybridized carbons (Fsp3) is 0.700. The van der Waals surface area contributed by atoms with E-state index in [0.717, 1.165) is 31.7 Å². The summed E-state index contributed by atoms with van der Waals surface area (Å²) in [5, 5.41) is 7.75. The topological polar surface area (TPSA) is 29.9 Å². The number of aromatic nitrogens is 2. The molecule has 14 heavy (non-hydrogen) atoms. The highest BCUT2D eigenvalue weighted by Crippen LogP contribution is 2.04. The van der Waals surface area contributed by atoms with Crippen LogP contribution in [0.1, 0.15) is 31.7 Å². The summed E-state index contributed by atoms with van der Waals surface area (Å²) < 4.78 is 2.10. The predicted octanol–water partition coefficient (Wildman–Crippen LogP) is 2.13. The van der Waals surface area contributed by atoms with Crippen molar-refractivity contribution in [2.24, 2.45) is 0 Å². The molecule has 0 spiro atoms. The number of rotatable bonds is 5. The van der Waals surface area contributed by atoms with Gasteiger partial charge >= 0.3 is 0 Å². The highest BCUT2D eigenvalue weighted by atomic mass is 35.5. The van der Waals surface area contributed by atoms with Gasteiger partial charge in [-0.05, 0) is 26.0 Å². The summed E-state index contributed by atoms with van der Waals surface area (Å²) in [5.74, 6) is 0. The van der Waals surface area contributed by atoms with Crippen molar-refractivity contribution in [1.29, 1.82) is 0 Å². The van der Waals surface area contributed by atoms with Crippen molar-refractivity contribution in [1.82, 2.24) is 15.1 Å². The van der Waals surface area contributed by atoms with Crippen LogP contribution in [-0.4, -0.2) is 16.3 Å². The van der Waals surface area contributed by atoms with E-state index in [0.29, 0.717) is 0 Å². The molecule has 0 amide bonds. The lowest BCUT2D eigenvalue weighted by Crippen LogP contribution is -2.16. The normalized spacial score (nSPS) is 9.93. The Balaban J connectivity index is 0.00000169. The minimum atomic E-state index is 0. The van der Waals surface area contributed by atoms with Gasteiger partial charge in [-0.25, -0.2) is 0 Å². The number of hydrogen-bond donors (Lipinski definition) is 1. The molecule has 1 heterocycles. The highest BCUT2D eigenvalue weighted by Gasteiger charge is 2.02. The first kappa shape index (κ1) is 13.5. The number of aryl methyl sites for hydroxylation is 2. The van der Waals surface area contributed by atoms with Crippen LogP contribution in [0.4, 0.5) is 0 Å². The molecule has 0 atom stereocenters. The van der Waals surface area contributed by atoms with Gasteiger partial charge in [-0.3, -0.25) is 4.68 Å². The van der Waals surface area contributed by atoms with Crippen LogP contribution >= 0.6 is 12.4 Å². The summed E-state index contributed by atoms with van der Waals surface area (Å²) in [6.45, 7) is 9.30. The summed E-state index contributed by atoms with van der Waals surface area (Å²) in [6, 6.07) is 2.15. The molecule has 0 aromatic carbocycles. The third-order valence-electron chi connectivity index (χ3n) is 1.98. The molecular formula is C10H20ClN3. The molecule has 1 aromatic heterocycles. The second-order valence-electron chi connectivity index (χ2n) is 3.28. The van der Waals surface area contributed by atoms with Gasteiger partial charge in [0.15, 0.2) is 0 Å². The number of nitrogens with zero attached hydrogens (tertiary/aromatic N) is 2. The van der Waals surface area contributed by atoms with Gasteiger partial charge in [-0.1, -0.05) is 13.8 Å². The van der Waals surface area contributed by atoms with E-state index >= 15 is 0 Å². The van der Waals surface area contributed by atoms with Crippen molar-refractivity contribution in [3.63, 3.8) is 0 Å². The molecule has 1 rings (SSSR count). The zero-order valence-electron chi connectivity index (χ0n) is 9.21. The lowest BCUT2D eigenvalue weighted by molar-refractivity contribution is 0.552. The first-order valence-electron chi connectivity index (χ1n) is 5.02. The Morgan fingerprint density at radius 1 is 1.43 bits per heavy atom. The quantitative estimate of drug-likeness (QED) is 0.819. The van der Waals surface area contributed by atoms with E-state index in [9.17, 15) is 0 Å². The van der Waals surface area contributed by atoms with Crippen molar-refractivity contribution < 1.29 is 0 Å². The molecule has 3 nitrogen and oxygen atoms in total. The zero-order chi connectivity index (χ0) is 9.68. The van der Waals surface area contributed by atoms with Gasteiger partial charge in [-0.2, -0.15) is 5.10 Å². The van der Waals surface area contributed by atoms with Crippen molar-refractivity contribution in [2.75, 3.05) is 6.54 Å². The Labute approximate surface area is 92.3 Å². The average molecular weight is 218 g/mol. The summed E-state index contributed by atoms with van der Waals surface area (Å²) in [7, 11) is 0. The van der Waals surface area contributed by atoms with Crippen molar-refractivity contribution in [2.45, 2.75) is 40.3 Å². The van der Waals surface area contributed by atoms with Gasteiger partial charge in [0.2, 0.25) is 0 Å². The summed E-state index contributed by atoms with van der Waals surface area (Å²) >= 11 is 0.